The number of ether oxygens (including phenoxy) is 1. The summed E-state index contributed by atoms with van der Waals surface area (Å²) in [6.07, 6.45) is 2.02. The van der Waals surface area contributed by atoms with Crippen molar-refractivity contribution in [1.82, 2.24) is 0 Å². The van der Waals surface area contributed by atoms with Gasteiger partial charge in [0.15, 0.2) is 0 Å². The quantitative estimate of drug-likeness (QED) is 0.489. The van der Waals surface area contributed by atoms with Gasteiger partial charge in [0.1, 0.15) is 11.4 Å². The fourth-order valence-electron chi connectivity index (χ4n) is 2.66. The summed E-state index contributed by atoms with van der Waals surface area (Å²) in [6.45, 7) is 1.81. The van der Waals surface area contributed by atoms with Gasteiger partial charge in [-0.3, -0.25) is 0 Å². The van der Waals surface area contributed by atoms with Crippen LogP contribution in [0.15, 0.2) is 88.7 Å². The van der Waals surface area contributed by atoms with Gasteiger partial charge in [0, 0.05) is 14.8 Å². The maximum atomic E-state index is 11.4. The van der Waals surface area contributed by atoms with Crippen molar-refractivity contribution in [2.24, 2.45) is 0 Å². The van der Waals surface area contributed by atoms with E-state index in [1.807, 2.05) is 79.7 Å². The molecular formula is C23H21ClO2S. The lowest BCUT2D eigenvalue weighted by Gasteiger charge is -2.27. The molecule has 1 unspecified atom stereocenters. The van der Waals surface area contributed by atoms with Gasteiger partial charge in [0.2, 0.25) is 0 Å². The molecule has 2 nitrogen and oxygen atoms in total. The second kappa shape index (κ2) is 8.66. The highest BCUT2D eigenvalue weighted by atomic mass is 35.5. The normalized spacial score (nSPS) is 13.9. The molecule has 0 radical (unpaired) electrons. The minimum Gasteiger partial charge on any atom is -0.497 e. The lowest BCUT2D eigenvalue weighted by molar-refractivity contribution is 0.108. The van der Waals surface area contributed by atoms with E-state index in [0.29, 0.717) is 5.02 Å². The largest absolute Gasteiger partial charge is 0.497 e. The van der Waals surface area contributed by atoms with Crippen molar-refractivity contribution in [3.8, 4) is 5.75 Å². The average molecular weight is 397 g/mol. The number of aliphatic hydroxyl groups is 1. The van der Waals surface area contributed by atoms with Crippen LogP contribution in [0.25, 0.3) is 6.08 Å². The summed E-state index contributed by atoms with van der Waals surface area (Å²) in [4.78, 5) is 1.84. The molecule has 27 heavy (non-hydrogen) atoms. The molecule has 0 amide bonds. The number of hydrogen-bond acceptors (Lipinski definition) is 3. The molecule has 4 heteroatoms. The van der Waals surface area contributed by atoms with Crippen molar-refractivity contribution in [3.05, 3.63) is 99.9 Å². The minimum absolute atomic E-state index is 0.644. The molecule has 0 aliphatic heterocycles. The fourth-order valence-corrected chi connectivity index (χ4v) is 3.82. The summed E-state index contributed by atoms with van der Waals surface area (Å²) in [5.41, 5.74) is 0.656. The van der Waals surface area contributed by atoms with Gasteiger partial charge in [0.25, 0.3) is 0 Å². The Balaban J connectivity index is 2.00. The summed E-state index contributed by atoms with van der Waals surface area (Å²) < 4.78 is 5.23. The first-order chi connectivity index (χ1) is 13.0. The number of thioether (sulfide) groups is 1. The summed E-state index contributed by atoms with van der Waals surface area (Å²) >= 11 is 7.55. The molecule has 0 spiro atoms. The third-order valence-corrected chi connectivity index (χ3v) is 5.77. The molecule has 0 aromatic heterocycles. The molecule has 0 bridgehead atoms. The fraction of sp³-hybridized carbons (Fsp3) is 0.130. The van der Waals surface area contributed by atoms with E-state index in [0.717, 1.165) is 26.7 Å². The van der Waals surface area contributed by atoms with Crippen molar-refractivity contribution >= 4 is 29.4 Å². The standard InChI is InChI=1S/C23H21ClO2S/c1-23(25,18-8-10-19(24)11-9-18)22(16-17-6-4-3-5-7-17)27-21-14-12-20(26-2)13-15-21/h3-16,25H,1-2H3/b22-16-. The minimum atomic E-state index is -1.16. The van der Waals surface area contributed by atoms with Gasteiger partial charge in [-0.2, -0.15) is 0 Å². The molecule has 3 rings (SSSR count). The van der Waals surface area contributed by atoms with Crippen molar-refractivity contribution < 1.29 is 9.84 Å². The molecule has 0 fully saturated rings. The van der Waals surface area contributed by atoms with Crippen molar-refractivity contribution in [1.29, 1.82) is 0 Å². The Labute approximate surface area is 169 Å². The van der Waals surface area contributed by atoms with E-state index in [1.54, 1.807) is 19.2 Å². The zero-order chi connectivity index (χ0) is 19.3. The summed E-state index contributed by atoms with van der Waals surface area (Å²) in [7, 11) is 1.65. The monoisotopic (exact) mass is 396 g/mol. The lowest BCUT2D eigenvalue weighted by atomic mass is 9.94. The molecule has 138 valence electrons. The van der Waals surface area contributed by atoms with Crippen molar-refractivity contribution in [2.75, 3.05) is 7.11 Å². The van der Waals surface area contributed by atoms with E-state index in [-0.39, 0.29) is 0 Å². The van der Waals surface area contributed by atoms with E-state index in [9.17, 15) is 5.11 Å². The summed E-state index contributed by atoms with van der Waals surface area (Å²) in [6, 6.07) is 25.1. The van der Waals surface area contributed by atoms with Crippen molar-refractivity contribution in [3.63, 3.8) is 0 Å². The van der Waals surface area contributed by atoms with Crippen LogP contribution in [-0.4, -0.2) is 12.2 Å². The third-order valence-electron chi connectivity index (χ3n) is 4.27. The predicted octanol–water partition coefficient (Wildman–Crippen LogP) is 6.39. The zero-order valence-electron chi connectivity index (χ0n) is 15.2. The number of hydrogen-bond donors (Lipinski definition) is 1. The van der Waals surface area contributed by atoms with E-state index in [2.05, 4.69) is 0 Å². The molecular weight excluding hydrogens is 376 g/mol. The van der Waals surface area contributed by atoms with Gasteiger partial charge in [-0.15, -0.1) is 0 Å². The van der Waals surface area contributed by atoms with Crippen molar-refractivity contribution in [2.45, 2.75) is 17.4 Å². The van der Waals surface area contributed by atoms with E-state index < -0.39 is 5.60 Å². The molecule has 3 aromatic carbocycles. The SMILES string of the molecule is COc1ccc(S/C(=C\c2ccccc2)C(C)(O)c2ccc(Cl)cc2)cc1. The molecule has 3 aromatic rings. The Kier molecular flexibility index (Phi) is 6.27. The molecule has 0 aliphatic rings. The second-order valence-corrected chi connectivity index (χ2v) is 7.83. The number of methoxy groups -OCH3 is 1. The van der Waals surface area contributed by atoms with Gasteiger partial charge in [-0.1, -0.05) is 65.8 Å². The smallest absolute Gasteiger partial charge is 0.118 e. The maximum Gasteiger partial charge on any atom is 0.118 e. The van der Waals surface area contributed by atoms with Crippen LogP contribution in [0.1, 0.15) is 18.1 Å². The Bertz CT molecular complexity index is 901. The molecule has 0 aliphatic carbocycles. The lowest BCUT2D eigenvalue weighted by Crippen LogP contribution is -2.22. The highest BCUT2D eigenvalue weighted by Crippen LogP contribution is 2.42. The van der Waals surface area contributed by atoms with Gasteiger partial charge < -0.3 is 9.84 Å². The van der Waals surface area contributed by atoms with Gasteiger partial charge in [-0.25, -0.2) is 0 Å². The topological polar surface area (TPSA) is 29.5 Å². The van der Waals surface area contributed by atoms with Crippen LogP contribution in [0, 0.1) is 0 Å². The molecule has 0 saturated heterocycles. The van der Waals surface area contributed by atoms with Crippen LogP contribution in [-0.2, 0) is 5.60 Å². The number of benzene rings is 3. The zero-order valence-corrected chi connectivity index (χ0v) is 16.8. The third kappa shape index (κ3) is 4.95. The van der Waals surface area contributed by atoms with Crippen LogP contribution in [0.3, 0.4) is 0 Å². The highest BCUT2D eigenvalue weighted by molar-refractivity contribution is 8.03. The Morgan fingerprint density at radius 2 is 1.59 bits per heavy atom. The van der Waals surface area contributed by atoms with E-state index in [1.165, 1.54) is 11.8 Å². The Hall–Kier alpha value is -2.20. The van der Waals surface area contributed by atoms with Gasteiger partial charge in [-0.05, 0) is 60.5 Å². The van der Waals surface area contributed by atoms with Gasteiger partial charge >= 0.3 is 0 Å². The molecule has 0 saturated carbocycles. The first kappa shape index (κ1) is 19.6. The summed E-state index contributed by atoms with van der Waals surface area (Å²) in [5.74, 6) is 0.803. The van der Waals surface area contributed by atoms with Crippen LogP contribution in [0.2, 0.25) is 5.02 Å². The number of rotatable bonds is 6. The Morgan fingerprint density at radius 1 is 0.963 bits per heavy atom. The maximum absolute atomic E-state index is 11.4. The van der Waals surface area contributed by atoms with Crippen LogP contribution < -0.4 is 4.74 Å². The first-order valence-electron chi connectivity index (χ1n) is 8.56. The average Bonchev–Trinajstić information content (AvgIpc) is 2.69. The van der Waals surface area contributed by atoms with Crippen LogP contribution >= 0.6 is 23.4 Å². The Morgan fingerprint density at radius 3 is 2.19 bits per heavy atom. The molecule has 1 N–H and O–H groups in total. The van der Waals surface area contributed by atoms with Crippen LogP contribution in [0.5, 0.6) is 5.75 Å². The number of halogens is 1. The van der Waals surface area contributed by atoms with E-state index >= 15 is 0 Å². The highest BCUT2D eigenvalue weighted by Gasteiger charge is 2.29. The first-order valence-corrected chi connectivity index (χ1v) is 9.76. The van der Waals surface area contributed by atoms with Gasteiger partial charge in [0.05, 0.1) is 7.11 Å². The second-order valence-electron chi connectivity index (χ2n) is 6.28. The molecule has 1 atom stereocenters. The molecule has 0 heterocycles. The summed E-state index contributed by atoms with van der Waals surface area (Å²) in [5, 5.41) is 12.0. The predicted molar refractivity (Wildman–Crippen MR) is 114 cm³/mol. The van der Waals surface area contributed by atoms with Crippen LogP contribution in [0.4, 0.5) is 0 Å². The van der Waals surface area contributed by atoms with E-state index in [4.69, 9.17) is 16.3 Å².